The van der Waals surface area contributed by atoms with E-state index in [1.54, 1.807) is 18.9 Å². The van der Waals surface area contributed by atoms with E-state index < -0.39 is 0 Å². The number of hydrogen-bond acceptors (Lipinski definition) is 4. The fourth-order valence-electron chi connectivity index (χ4n) is 2.13. The van der Waals surface area contributed by atoms with Gasteiger partial charge in [-0.2, -0.15) is 0 Å². The maximum atomic E-state index is 5.24. The fraction of sp³-hybridized carbons (Fsp3) is 0.400. The van der Waals surface area contributed by atoms with Crippen LogP contribution in [0.25, 0.3) is 0 Å². The van der Waals surface area contributed by atoms with Crippen molar-refractivity contribution in [3.05, 3.63) is 36.2 Å². The van der Waals surface area contributed by atoms with Gasteiger partial charge in [0, 0.05) is 18.2 Å². The molecule has 0 spiro atoms. The second-order valence-electron chi connectivity index (χ2n) is 4.74. The van der Waals surface area contributed by atoms with Gasteiger partial charge < -0.3 is 14.6 Å². The van der Waals surface area contributed by atoms with E-state index >= 15 is 0 Å². The number of aromatic nitrogens is 2. The van der Waals surface area contributed by atoms with Crippen LogP contribution in [-0.2, 0) is 4.74 Å². The lowest BCUT2D eigenvalue weighted by atomic mass is 10.3. The Balaban J connectivity index is 2.29. The van der Waals surface area contributed by atoms with Crippen LogP contribution in [-0.4, -0.2) is 29.5 Å². The Labute approximate surface area is 124 Å². The molecule has 2 rings (SSSR count). The monoisotopic (exact) mass is 291 g/mol. The van der Waals surface area contributed by atoms with E-state index in [4.69, 9.17) is 4.74 Å². The van der Waals surface area contributed by atoms with Gasteiger partial charge in [0.2, 0.25) is 5.95 Å². The van der Waals surface area contributed by atoms with Crippen LogP contribution >= 0.6 is 11.8 Å². The Morgan fingerprint density at radius 1 is 1.40 bits per heavy atom. The highest BCUT2D eigenvalue weighted by molar-refractivity contribution is 7.98. The van der Waals surface area contributed by atoms with Crippen molar-refractivity contribution in [3.8, 4) is 0 Å². The van der Waals surface area contributed by atoms with Gasteiger partial charge in [-0.05, 0) is 32.2 Å². The summed E-state index contributed by atoms with van der Waals surface area (Å²) in [4.78, 5) is 5.78. The molecule has 1 atom stereocenters. The quantitative estimate of drug-likeness (QED) is 0.820. The zero-order valence-electron chi connectivity index (χ0n) is 12.4. The SMILES string of the molecule is COCC(C)n1cc(C)nc1Nc1ccccc1SC. The summed E-state index contributed by atoms with van der Waals surface area (Å²) in [6, 6.07) is 8.49. The summed E-state index contributed by atoms with van der Waals surface area (Å²) in [5, 5.41) is 3.43. The molecule has 1 N–H and O–H groups in total. The number of nitrogens with zero attached hydrogens (tertiary/aromatic N) is 2. The summed E-state index contributed by atoms with van der Waals surface area (Å²) in [6.45, 7) is 4.78. The summed E-state index contributed by atoms with van der Waals surface area (Å²) >= 11 is 1.72. The number of thioether (sulfide) groups is 1. The highest BCUT2D eigenvalue weighted by atomic mass is 32.2. The van der Waals surface area contributed by atoms with Gasteiger partial charge in [-0.1, -0.05) is 12.1 Å². The van der Waals surface area contributed by atoms with E-state index in [1.807, 2.05) is 25.3 Å². The number of hydrogen-bond donors (Lipinski definition) is 1. The van der Waals surface area contributed by atoms with Crippen molar-refractivity contribution in [2.45, 2.75) is 24.8 Å². The van der Waals surface area contributed by atoms with Crippen LogP contribution in [0, 0.1) is 6.92 Å². The number of nitrogens with one attached hydrogen (secondary N) is 1. The number of rotatable bonds is 6. The van der Waals surface area contributed by atoms with E-state index in [0.717, 1.165) is 17.3 Å². The molecule has 0 aliphatic rings. The first-order valence-electron chi connectivity index (χ1n) is 6.60. The van der Waals surface area contributed by atoms with Gasteiger partial charge in [0.15, 0.2) is 0 Å². The van der Waals surface area contributed by atoms with Gasteiger partial charge in [0.1, 0.15) is 0 Å². The first-order chi connectivity index (χ1) is 9.65. The smallest absolute Gasteiger partial charge is 0.207 e. The van der Waals surface area contributed by atoms with Crippen molar-refractivity contribution in [2.75, 3.05) is 25.3 Å². The van der Waals surface area contributed by atoms with Crippen molar-refractivity contribution >= 4 is 23.4 Å². The molecule has 5 heteroatoms. The number of imidazole rings is 1. The van der Waals surface area contributed by atoms with Gasteiger partial charge in [-0.3, -0.25) is 0 Å². The molecule has 108 valence electrons. The van der Waals surface area contributed by atoms with Crippen molar-refractivity contribution in [2.24, 2.45) is 0 Å². The Bertz CT molecular complexity index is 568. The lowest BCUT2D eigenvalue weighted by Gasteiger charge is -2.17. The van der Waals surface area contributed by atoms with E-state index in [1.165, 1.54) is 4.90 Å². The predicted octanol–water partition coefficient (Wildman–Crippen LogP) is 3.86. The van der Waals surface area contributed by atoms with Crippen molar-refractivity contribution in [3.63, 3.8) is 0 Å². The lowest BCUT2D eigenvalue weighted by Crippen LogP contribution is -2.13. The lowest BCUT2D eigenvalue weighted by molar-refractivity contribution is 0.163. The minimum Gasteiger partial charge on any atom is -0.383 e. The third-order valence-corrected chi connectivity index (χ3v) is 3.88. The molecule has 0 amide bonds. The molecule has 1 aromatic carbocycles. The Hall–Kier alpha value is -1.46. The van der Waals surface area contributed by atoms with Crippen molar-refractivity contribution in [1.29, 1.82) is 0 Å². The first kappa shape index (κ1) is 14.9. The van der Waals surface area contributed by atoms with Crippen molar-refractivity contribution < 1.29 is 4.74 Å². The van der Waals surface area contributed by atoms with Crippen LogP contribution < -0.4 is 5.32 Å². The fourth-order valence-corrected chi connectivity index (χ4v) is 2.69. The van der Waals surface area contributed by atoms with Gasteiger partial charge >= 0.3 is 0 Å². The van der Waals surface area contributed by atoms with Gasteiger partial charge in [-0.25, -0.2) is 4.98 Å². The molecule has 0 saturated carbocycles. The average Bonchev–Trinajstić information content (AvgIpc) is 2.80. The van der Waals surface area contributed by atoms with E-state index in [0.29, 0.717) is 6.61 Å². The predicted molar refractivity (Wildman–Crippen MR) is 85.1 cm³/mol. The largest absolute Gasteiger partial charge is 0.383 e. The Morgan fingerprint density at radius 3 is 2.85 bits per heavy atom. The standard InChI is InChI=1S/C15H21N3OS/c1-11-9-18(12(2)10-19-3)15(16-11)17-13-7-5-6-8-14(13)20-4/h5-9,12H,10H2,1-4H3,(H,16,17). The molecular weight excluding hydrogens is 270 g/mol. The molecule has 1 aromatic heterocycles. The van der Waals surface area contributed by atoms with Gasteiger partial charge in [0.05, 0.1) is 24.0 Å². The second kappa shape index (κ2) is 6.81. The number of methoxy groups -OCH3 is 1. The topological polar surface area (TPSA) is 39.1 Å². The summed E-state index contributed by atoms with van der Waals surface area (Å²) in [5.41, 5.74) is 2.08. The van der Waals surface area contributed by atoms with E-state index in [9.17, 15) is 0 Å². The average molecular weight is 291 g/mol. The number of para-hydroxylation sites is 1. The van der Waals surface area contributed by atoms with Crippen LogP contribution in [0.2, 0.25) is 0 Å². The zero-order chi connectivity index (χ0) is 14.5. The number of aryl methyl sites for hydroxylation is 1. The van der Waals surface area contributed by atoms with Gasteiger partial charge in [0.25, 0.3) is 0 Å². The maximum absolute atomic E-state index is 5.24. The van der Waals surface area contributed by atoms with Crippen LogP contribution in [0.3, 0.4) is 0 Å². The molecule has 0 radical (unpaired) electrons. The van der Waals surface area contributed by atoms with Crippen LogP contribution in [0.4, 0.5) is 11.6 Å². The third-order valence-electron chi connectivity index (χ3n) is 3.09. The molecule has 0 aliphatic carbocycles. The van der Waals surface area contributed by atoms with E-state index in [-0.39, 0.29) is 6.04 Å². The molecule has 20 heavy (non-hydrogen) atoms. The molecule has 0 saturated heterocycles. The second-order valence-corrected chi connectivity index (χ2v) is 5.59. The highest BCUT2D eigenvalue weighted by Crippen LogP contribution is 2.28. The summed E-state index contributed by atoms with van der Waals surface area (Å²) in [7, 11) is 1.72. The maximum Gasteiger partial charge on any atom is 0.207 e. The first-order valence-corrected chi connectivity index (χ1v) is 7.82. The summed E-state index contributed by atoms with van der Waals surface area (Å²) in [5.74, 6) is 0.855. The Kier molecular flexibility index (Phi) is 5.09. The molecule has 4 nitrogen and oxygen atoms in total. The number of ether oxygens (including phenoxy) is 1. The summed E-state index contributed by atoms with van der Waals surface area (Å²) in [6.07, 6.45) is 4.12. The minimum absolute atomic E-state index is 0.241. The highest BCUT2D eigenvalue weighted by Gasteiger charge is 2.13. The van der Waals surface area contributed by atoms with Crippen molar-refractivity contribution in [1.82, 2.24) is 9.55 Å². The molecule has 0 aliphatic heterocycles. The summed E-state index contributed by atoms with van der Waals surface area (Å²) < 4.78 is 7.36. The van der Waals surface area contributed by atoms with E-state index in [2.05, 4.69) is 40.2 Å². The molecule has 2 aromatic rings. The normalized spacial score (nSPS) is 12.4. The molecule has 1 heterocycles. The zero-order valence-corrected chi connectivity index (χ0v) is 13.2. The molecule has 1 unspecified atom stereocenters. The Morgan fingerprint density at radius 2 is 2.15 bits per heavy atom. The van der Waals surface area contributed by atoms with Gasteiger partial charge in [-0.15, -0.1) is 11.8 Å². The molecular formula is C15H21N3OS. The van der Waals surface area contributed by atoms with Crippen LogP contribution in [0.5, 0.6) is 0 Å². The molecule has 0 bridgehead atoms. The number of benzene rings is 1. The molecule has 0 fully saturated rings. The minimum atomic E-state index is 0.241. The van der Waals surface area contributed by atoms with Crippen LogP contribution in [0.15, 0.2) is 35.4 Å². The van der Waals surface area contributed by atoms with Crippen LogP contribution in [0.1, 0.15) is 18.7 Å². The number of anilines is 2. The third kappa shape index (κ3) is 3.35.